The quantitative estimate of drug-likeness (QED) is 0.190. The van der Waals surface area contributed by atoms with Crippen LogP contribution in [0.3, 0.4) is 0 Å². The van der Waals surface area contributed by atoms with Gasteiger partial charge in [-0.15, -0.1) is 0 Å². The summed E-state index contributed by atoms with van der Waals surface area (Å²) in [5, 5.41) is 0. The van der Waals surface area contributed by atoms with E-state index >= 15 is 0 Å². The van der Waals surface area contributed by atoms with Crippen molar-refractivity contribution in [2.24, 2.45) is 0 Å². The van der Waals surface area contributed by atoms with Gasteiger partial charge in [-0.2, -0.15) is 0 Å². The molecule has 5 rings (SSSR count). The summed E-state index contributed by atoms with van der Waals surface area (Å²) >= 11 is 0. The Hall–Kier alpha value is -4.88. The topological polar surface area (TPSA) is 3.24 Å². The molecule has 1 nitrogen and oxygen atoms in total. The molecule has 0 N–H and O–H groups in total. The highest BCUT2D eigenvalue weighted by Crippen LogP contribution is 2.36. The third-order valence-electron chi connectivity index (χ3n) is 6.93. The number of allylic oxidation sites excluding steroid dienone is 4. The van der Waals surface area contributed by atoms with Gasteiger partial charge in [0.1, 0.15) is 0 Å². The Morgan fingerprint density at radius 3 is 1.49 bits per heavy atom. The molecule has 39 heavy (non-hydrogen) atoms. The molecule has 0 saturated carbocycles. The molecule has 5 aromatic carbocycles. The summed E-state index contributed by atoms with van der Waals surface area (Å²) < 4.78 is 0. The van der Waals surface area contributed by atoms with Crippen molar-refractivity contribution in [3.05, 3.63) is 169 Å². The van der Waals surface area contributed by atoms with Crippen molar-refractivity contribution in [3.63, 3.8) is 0 Å². The number of benzene rings is 5. The maximum absolute atomic E-state index is 3.87. The standard InChI is InChI=1S/C38H33N/c1-4-30(5-2)13-14-31-15-25-37(26-16-31)39(36-23-11-29(3)12-24-36)38-27-21-35(22-28-38)34-19-17-33(18-20-34)32-9-7-6-8-10-32/h4-28H,1H2,2-3H3/b14-13+,30-5+. The van der Waals surface area contributed by atoms with E-state index in [2.05, 4.69) is 164 Å². The average molecular weight is 504 g/mol. The number of hydrogen-bond acceptors (Lipinski definition) is 1. The zero-order valence-electron chi connectivity index (χ0n) is 22.6. The molecule has 0 aliphatic rings. The van der Waals surface area contributed by atoms with E-state index in [0.29, 0.717) is 0 Å². The zero-order valence-corrected chi connectivity index (χ0v) is 22.6. The van der Waals surface area contributed by atoms with Gasteiger partial charge in [0.25, 0.3) is 0 Å². The van der Waals surface area contributed by atoms with Crippen molar-refractivity contribution in [2.75, 3.05) is 4.90 Å². The molecule has 0 aliphatic heterocycles. The fourth-order valence-corrected chi connectivity index (χ4v) is 4.64. The van der Waals surface area contributed by atoms with Crippen LogP contribution in [-0.2, 0) is 0 Å². The smallest absolute Gasteiger partial charge is 0.0462 e. The normalized spacial score (nSPS) is 11.5. The summed E-state index contributed by atoms with van der Waals surface area (Å²) in [6.45, 7) is 8.01. The third kappa shape index (κ3) is 6.17. The van der Waals surface area contributed by atoms with Gasteiger partial charge in [0.2, 0.25) is 0 Å². The van der Waals surface area contributed by atoms with Gasteiger partial charge >= 0.3 is 0 Å². The molecule has 0 atom stereocenters. The lowest BCUT2D eigenvalue weighted by Crippen LogP contribution is -2.09. The molecule has 0 bridgehead atoms. The van der Waals surface area contributed by atoms with E-state index in [1.54, 1.807) is 0 Å². The minimum atomic E-state index is 1.11. The monoisotopic (exact) mass is 503 g/mol. The molecule has 0 heterocycles. The van der Waals surface area contributed by atoms with Gasteiger partial charge in [0, 0.05) is 17.1 Å². The number of rotatable bonds is 8. The Morgan fingerprint density at radius 2 is 1.00 bits per heavy atom. The molecule has 0 saturated heterocycles. The van der Waals surface area contributed by atoms with Crippen LogP contribution in [0.1, 0.15) is 18.1 Å². The van der Waals surface area contributed by atoms with Crippen molar-refractivity contribution in [1.29, 1.82) is 0 Å². The lowest BCUT2D eigenvalue weighted by atomic mass is 10.00. The van der Waals surface area contributed by atoms with Gasteiger partial charge in [-0.1, -0.05) is 127 Å². The van der Waals surface area contributed by atoms with Gasteiger partial charge in [-0.25, -0.2) is 0 Å². The second-order valence-electron chi connectivity index (χ2n) is 9.58. The number of anilines is 3. The van der Waals surface area contributed by atoms with Crippen molar-refractivity contribution in [3.8, 4) is 22.3 Å². The highest BCUT2D eigenvalue weighted by Gasteiger charge is 2.13. The molecule has 190 valence electrons. The first-order chi connectivity index (χ1) is 19.1. The summed E-state index contributed by atoms with van der Waals surface area (Å²) in [4.78, 5) is 2.30. The van der Waals surface area contributed by atoms with Crippen LogP contribution in [0.2, 0.25) is 0 Å². The molecule has 0 aromatic heterocycles. The van der Waals surface area contributed by atoms with E-state index in [-0.39, 0.29) is 0 Å². The lowest BCUT2D eigenvalue weighted by Gasteiger charge is -2.26. The maximum atomic E-state index is 3.87. The van der Waals surface area contributed by atoms with Crippen LogP contribution in [0.5, 0.6) is 0 Å². The Labute approximate surface area is 232 Å². The molecule has 0 fully saturated rings. The molecule has 0 amide bonds. The van der Waals surface area contributed by atoms with Gasteiger partial charge in [0.05, 0.1) is 0 Å². The van der Waals surface area contributed by atoms with Crippen LogP contribution in [0, 0.1) is 6.92 Å². The first kappa shape index (κ1) is 25.8. The van der Waals surface area contributed by atoms with E-state index in [1.807, 2.05) is 13.0 Å². The van der Waals surface area contributed by atoms with Crippen LogP contribution < -0.4 is 4.90 Å². The van der Waals surface area contributed by atoms with Crippen molar-refractivity contribution < 1.29 is 0 Å². The highest BCUT2D eigenvalue weighted by molar-refractivity contribution is 5.79. The largest absolute Gasteiger partial charge is 0.311 e. The minimum Gasteiger partial charge on any atom is -0.311 e. The number of hydrogen-bond donors (Lipinski definition) is 0. The summed E-state index contributed by atoms with van der Waals surface area (Å²) in [5.74, 6) is 0. The Morgan fingerprint density at radius 1 is 0.564 bits per heavy atom. The van der Waals surface area contributed by atoms with Gasteiger partial charge in [-0.3, -0.25) is 0 Å². The summed E-state index contributed by atoms with van der Waals surface area (Å²) in [7, 11) is 0. The van der Waals surface area contributed by atoms with E-state index in [0.717, 1.165) is 28.2 Å². The second kappa shape index (κ2) is 12.1. The molecule has 0 radical (unpaired) electrons. The molecular weight excluding hydrogens is 470 g/mol. The Balaban J connectivity index is 1.44. The van der Waals surface area contributed by atoms with Crippen molar-refractivity contribution >= 4 is 23.1 Å². The third-order valence-corrected chi connectivity index (χ3v) is 6.93. The van der Waals surface area contributed by atoms with Crippen LogP contribution >= 0.6 is 0 Å². The van der Waals surface area contributed by atoms with Gasteiger partial charge < -0.3 is 4.90 Å². The predicted molar refractivity (Wildman–Crippen MR) is 170 cm³/mol. The first-order valence-electron chi connectivity index (χ1n) is 13.3. The van der Waals surface area contributed by atoms with Gasteiger partial charge in [-0.05, 0) is 83.6 Å². The molecular formula is C38H33N. The highest BCUT2D eigenvalue weighted by atomic mass is 15.1. The number of aryl methyl sites for hydroxylation is 1. The van der Waals surface area contributed by atoms with E-state index in [1.165, 1.54) is 27.8 Å². The SMILES string of the molecule is C=CC(/C=C/c1ccc(N(c2ccc(C)cc2)c2ccc(-c3ccc(-c4ccccc4)cc3)cc2)cc1)=C\C. The molecule has 1 heteroatoms. The second-order valence-corrected chi connectivity index (χ2v) is 9.58. The number of nitrogens with zero attached hydrogens (tertiary/aromatic N) is 1. The fraction of sp³-hybridized carbons (Fsp3) is 0.0526. The molecule has 0 unspecified atom stereocenters. The van der Waals surface area contributed by atoms with Crippen LogP contribution in [0.25, 0.3) is 28.3 Å². The lowest BCUT2D eigenvalue weighted by molar-refractivity contribution is 1.27. The van der Waals surface area contributed by atoms with Crippen LogP contribution in [0.15, 0.2) is 158 Å². The van der Waals surface area contributed by atoms with E-state index < -0.39 is 0 Å². The summed E-state index contributed by atoms with van der Waals surface area (Å²) in [6.07, 6.45) is 8.13. The van der Waals surface area contributed by atoms with Gasteiger partial charge in [0.15, 0.2) is 0 Å². The molecule has 0 spiro atoms. The Bertz CT molecular complexity index is 1570. The molecule has 5 aromatic rings. The van der Waals surface area contributed by atoms with E-state index in [4.69, 9.17) is 0 Å². The van der Waals surface area contributed by atoms with Crippen molar-refractivity contribution in [2.45, 2.75) is 13.8 Å². The maximum Gasteiger partial charge on any atom is 0.0462 e. The zero-order chi connectivity index (χ0) is 27.0. The van der Waals surface area contributed by atoms with Crippen LogP contribution in [-0.4, -0.2) is 0 Å². The summed E-state index contributed by atoms with van der Waals surface area (Å²) in [5.41, 5.74) is 11.7. The minimum absolute atomic E-state index is 1.11. The Kier molecular flexibility index (Phi) is 8.00. The van der Waals surface area contributed by atoms with Crippen LogP contribution in [0.4, 0.5) is 17.1 Å². The fourth-order valence-electron chi connectivity index (χ4n) is 4.64. The first-order valence-corrected chi connectivity index (χ1v) is 13.3. The molecule has 0 aliphatic carbocycles. The average Bonchev–Trinajstić information content (AvgIpc) is 3.00. The van der Waals surface area contributed by atoms with E-state index in [9.17, 15) is 0 Å². The summed E-state index contributed by atoms with van der Waals surface area (Å²) in [6, 6.07) is 45.5. The predicted octanol–water partition coefficient (Wildman–Crippen LogP) is 10.9. The van der Waals surface area contributed by atoms with Crippen molar-refractivity contribution in [1.82, 2.24) is 0 Å².